The summed E-state index contributed by atoms with van der Waals surface area (Å²) in [6, 6.07) is 8.24. The summed E-state index contributed by atoms with van der Waals surface area (Å²) < 4.78 is 40.7. The maximum atomic E-state index is 13.6. The van der Waals surface area contributed by atoms with Crippen LogP contribution in [0.5, 0.6) is 5.75 Å². The molecule has 2 aromatic rings. The van der Waals surface area contributed by atoms with Gasteiger partial charge in [-0.2, -0.15) is 13.2 Å². The minimum absolute atomic E-state index is 0.0916. The van der Waals surface area contributed by atoms with E-state index in [9.17, 15) is 18.3 Å². The van der Waals surface area contributed by atoms with Gasteiger partial charge in [0.1, 0.15) is 5.75 Å². The predicted molar refractivity (Wildman–Crippen MR) is 109 cm³/mol. The number of alkyl halides is 3. The van der Waals surface area contributed by atoms with E-state index in [1.54, 1.807) is 13.0 Å². The van der Waals surface area contributed by atoms with E-state index in [0.717, 1.165) is 35.6 Å². The van der Waals surface area contributed by atoms with Crippen LogP contribution in [0.4, 0.5) is 13.2 Å². The molecule has 5 heteroatoms. The quantitative estimate of drug-likeness (QED) is 0.545. The number of hydrogen-bond donors (Lipinski definition) is 1. The molecule has 0 aliphatic carbocycles. The molecule has 2 aromatic carbocycles. The highest BCUT2D eigenvalue weighted by Gasteiger charge is 2.37. The van der Waals surface area contributed by atoms with Gasteiger partial charge in [-0.3, -0.25) is 0 Å². The fourth-order valence-corrected chi connectivity index (χ4v) is 5.12. The number of benzene rings is 2. The van der Waals surface area contributed by atoms with Gasteiger partial charge in [0, 0.05) is 10.7 Å². The largest absolute Gasteiger partial charge is 0.507 e. The second-order valence-corrected chi connectivity index (χ2v) is 9.23. The van der Waals surface area contributed by atoms with Crippen LogP contribution in [0, 0.1) is 13.8 Å². The van der Waals surface area contributed by atoms with E-state index in [0.29, 0.717) is 17.3 Å². The third-order valence-corrected chi connectivity index (χ3v) is 7.22. The molecule has 0 saturated carbocycles. The van der Waals surface area contributed by atoms with E-state index in [4.69, 9.17) is 0 Å². The first kappa shape index (κ1) is 21.8. The molecule has 0 saturated heterocycles. The van der Waals surface area contributed by atoms with Crippen molar-refractivity contribution in [1.82, 2.24) is 0 Å². The molecule has 0 spiro atoms. The number of hydrogen-bond acceptors (Lipinski definition) is 1. The maximum absolute atomic E-state index is 13.6. The number of halogens is 3. The normalized spacial score (nSPS) is 14.7. The zero-order chi connectivity index (χ0) is 20.4. The Balaban J connectivity index is 2.61. The third-order valence-electron chi connectivity index (χ3n) is 5.13. The second kappa shape index (κ2) is 8.22. The summed E-state index contributed by atoms with van der Waals surface area (Å²) >= 11 is 0. The zero-order valence-electron chi connectivity index (χ0n) is 16.6. The highest BCUT2D eigenvalue weighted by molar-refractivity contribution is 7.48. The molecular weight excluding hydrogens is 368 g/mol. The molecule has 0 bridgehead atoms. The monoisotopic (exact) mass is 396 g/mol. The van der Waals surface area contributed by atoms with Crippen molar-refractivity contribution in [3.8, 4) is 5.75 Å². The lowest BCUT2D eigenvalue weighted by Crippen LogP contribution is -2.25. The Labute approximate surface area is 161 Å². The number of rotatable bonds is 6. The van der Waals surface area contributed by atoms with Crippen LogP contribution >= 0.6 is 8.58 Å². The van der Waals surface area contributed by atoms with E-state index in [1.165, 1.54) is 6.07 Å². The molecule has 2 rings (SSSR count). The van der Waals surface area contributed by atoms with Crippen LogP contribution in [0.25, 0.3) is 0 Å². The minimum Gasteiger partial charge on any atom is -0.507 e. The molecule has 2 atom stereocenters. The number of phenols is 1. The average molecular weight is 396 g/mol. The smallest absolute Gasteiger partial charge is 0.417 e. The topological polar surface area (TPSA) is 20.2 Å². The van der Waals surface area contributed by atoms with Crippen molar-refractivity contribution < 1.29 is 18.3 Å². The molecule has 1 nitrogen and oxygen atoms in total. The van der Waals surface area contributed by atoms with Crippen LogP contribution in [0.2, 0.25) is 0 Å². The van der Waals surface area contributed by atoms with Gasteiger partial charge in [0.25, 0.3) is 0 Å². The summed E-state index contributed by atoms with van der Waals surface area (Å²) in [5.41, 5.74) is 2.72. The van der Waals surface area contributed by atoms with Crippen LogP contribution in [-0.2, 0) is 17.8 Å². The van der Waals surface area contributed by atoms with Gasteiger partial charge in [0.2, 0.25) is 0 Å². The zero-order valence-corrected chi connectivity index (χ0v) is 17.6. The summed E-state index contributed by atoms with van der Waals surface area (Å²) in [5.74, 6) is 0.237. The van der Waals surface area contributed by atoms with Crippen molar-refractivity contribution in [2.24, 2.45) is 0 Å². The molecule has 0 aliphatic rings. The van der Waals surface area contributed by atoms with E-state index in [2.05, 4.69) is 0 Å². The van der Waals surface area contributed by atoms with E-state index in [1.807, 2.05) is 39.8 Å². The number of phenolic OH excluding ortho intramolecular Hbond substituents is 1. The highest BCUT2D eigenvalue weighted by atomic mass is 31.1. The minimum atomic E-state index is -4.38. The van der Waals surface area contributed by atoms with Crippen LogP contribution in [0.15, 0.2) is 30.3 Å². The van der Waals surface area contributed by atoms with Crippen LogP contribution in [0.1, 0.15) is 61.4 Å². The van der Waals surface area contributed by atoms with Gasteiger partial charge in [0.15, 0.2) is 0 Å². The van der Waals surface area contributed by atoms with Gasteiger partial charge >= 0.3 is 6.18 Å². The maximum Gasteiger partial charge on any atom is 0.417 e. The van der Waals surface area contributed by atoms with Crippen molar-refractivity contribution in [2.75, 3.05) is 0 Å². The van der Waals surface area contributed by atoms with Gasteiger partial charge in [-0.05, 0) is 49.2 Å². The van der Waals surface area contributed by atoms with Crippen molar-refractivity contribution in [2.45, 2.75) is 65.2 Å². The summed E-state index contributed by atoms with van der Waals surface area (Å²) in [6.07, 6.45) is -2.09. The average Bonchev–Trinajstić information content (AvgIpc) is 2.58. The molecule has 0 aliphatic heterocycles. The summed E-state index contributed by atoms with van der Waals surface area (Å²) in [5, 5.41) is 10.6. The molecule has 0 amide bonds. The van der Waals surface area contributed by atoms with Gasteiger partial charge in [-0.25, -0.2) is 0 Å². The molecule has 0 fully saturated rings. The molecule has 1 N–H and O–H groups in total. The Morgan fingerprint density at radius 3 is 2.26 bits per heavy atom. The number of aromatic hydroxyl groups is 1. The second-order valence-electron chi connectivity index (χ2n) is 7.38. The van der Waals surface area contributed by atoms with Crippen molar-refractivity contribution in [1.29, 1.82) is 0 Å². The molecule has 148 valence electrons. The van der Waals surface area contributed by atoms with E-state index in [-0.39, 0.29) is 14.3 Å². The lowest BCUT2D eigenvalue weighted by molar-refractivity contribution is -0.136. The fraction of sp³-hybridized carbons (Fsp3) is 0.455. The summed E-state index contributed by atoms with van der Waals surface area (Å²) in [4.78, 5) is 0. The van der Waals surface area contributed by atoms with Crippen LogP contribution in [0.3, 0.4) is 0 Å². The standard InChI is InChI=1S/C22H28F3OP/c1-6-9-16-12-14(3)13-18(19(16)26)21(5,7-2)27-20-15(4)10-8-11-17(20)22(23,24)25/h8,10-13,26-27H,6-7,9H2,1-5H3. The van der Waals surface area contributed by atoms with Crippen molar-refractivity contribution in [3.05, 3.63) is 58.1 Å². The van der Waals surface area contributed by atoms with Crippen LogP contribution in [-0.4, -0.2) is 5.11 Å². The molecule has 2 unspecified atom stereocenters. The Morgan fingerprint density at radius 1 is 1.04 bits per heavy atom. The summed E-state index contributed by atoms with van der Waals surface area (Å²) in [7, 11) is -0.0916. The van der Waals surface area contributed by atoms with Crippen molar-refractivity contribution in [3.63, 3.8) is 0 Å². The first-order valence-corrected chi connectivity index (χ1v) is 10.3. The lowest BCUT2D eigenvalue weighted by atomic mass is 9.91. The first-order chi connectivity index (χ1) is 12.5. The van der Waals surface area contributed by atoms with Crippen LogP contribution < -0.4 is 5.30 Å². The summed E-state index contributed by atoms with van der Waals surface area (Å²) in [6.45, 7) is 9.68. The number of aryl methyl sites for hydroxylation is 3. The molecule has 27 heavy (non-hydrogen) atoms. The highest BCUT2D eigenvalue weighted by Crippen LogP contribution is 2.50. The lowest BCUT2D eigenvalue weighted by Gasteiger charge is -2.32. The Bertz CT molecular complexity index is 814. The SMILES string of the molecule is CCCc1cc(C)cc(C(C)(CC)Pc2c(C)cccc2C(F)(F)F)c1O. The molecular formula is C22H28F3OP. The first-order valence-electron chi connectivity index (χ1n) is 9.31. The Hall–Kier alpha value is -1.54. The molecule has 0 heterocycles. The van der Waals surface area contributed by atoms with Gasteiger partial charge in [-0.1, -0.05) is 65.6 Å². The van der Waals surface area contributed by atoms with Gasteiger partial charge < -0.3 is 5.11 Å². The Kier molecular flexibility index (Phi) is 6.63. The van der Waals surface area contributed by atoms with Gasteiger partial charge in [-0.15, -0.1) is 0 Å². The molecule has 0 radical (unpaired) electrons. The van der Waals surface area contributed by atoms with Gasteiger partial charge in [0.05, 0.1) is 5.56 Å². The fourth-order valence-electron chi connectivity index (χ4n) is 3.43. The molecule has 0 aromatic heterocycles. The van der Waals surface area contributed by atoms with E-state index >= 15 is 0 Å². The van der Waals surface area contributed by atoms with E-state index < -0.39 is 16.9 Å². The predicted octanol–water partition coefficient (Wildman–Crippen LogP) is 6.61. The Morgan fingerprint density at radius 2 is 1.70 bits per heavy atom. The third kappa shape index (κ3) is 4.66. The van der Waals surface area contributed by atoms with Crippen molar-refractivity contribution >= 4 is 13.9 Å².